The third-order valence-electron chi connectivity index (χ3n) is 4.34. The topological polar surface area (TPSA) is 40.6 Å². The fraction of sp³-hybridized carbons (Fsp3) is 0.600. The molecule has 1 saturated heterocycles. The predicted octanol–water partition coefficient (Wildman–Crippen LogP) is 2.45. The summed E-state index contributed by atoms with van der Waals surface area (Å²) in [6.07, 6.45) is 1.75. The molecular formula is C15H23ClN2O2S. The molecule has 0 aliphatic carbocycles. The molecule has 21 heavy (non-hydrogen) atoms. The predicted molar refractivity (Wildman–Crippen MR) is 86.2 cm³/mol. The van der Waals surface area contributed by atoms with Crippen LogP contribution in [0.3, 0.4) is 0 Å². The van der Waals surface area contributed by atoms with Gasteiger partial charge in [0.25, 0.3) is 0 Å². The molecule has 1 aliphatic heterocycles. The van der Waals surface area contributed by atoms with Crippen molar-refractivity contribution < 1.29 is 8.42 Å². The molecule has 1 fully saturated rings. The second-order valence-electron chi connectivity index (χ2n) is 5.78. The summed E-state index contributed by atoms with van der Waals surface area (Å²) < 4.78 is 27.1. The highest BCUT2D eigenvalue weighted by Crippen LogP contribution is 2.24. The van der Waals surface area contributed by atoms with Crippen molar-refractivity contribution in [2.24, 2.45) is 0 Å². The molecule has 1 aromatic carbocycles. The number of nitrogens with zero attached hydrogens (tertiary/aromatic N) is 2. The van der Waals surface area contributed by atoms with Gasteiger partial charge in [-0.25, -0.2) is 8.42 Å². The number of halogens is 1. The Morgan fingerprint density at radius 1 is 1.33 bits per heavy atom. The molecule has 0 bridgehead atoms. The second kappa shape index (κ2) is 6.65. The Morgan fingerprint density at radius 2 is 1.95 bits per heavy atom. The molecule has 118 valence electrons. The third-order valence-corrected chi connectivity index (χ3v) is 6.54. The minimum Gasteiger partial charge on any atom is -0.306 e. The summed E-state index contributed by atoms with van der Waals surface area (Å²) in [5.41, 5.74) is 1.89. The van der Waals surface area contributed by atoms with E-state index in [9.17, 15) is 8.42 Å². The lowest BCUT2D eigenvalue weighted by molar-refractivity contribution is 0.197. The van der Waals surface area contributed by atoms with Crippen molar-refractivity contribution in [3.05, 3.63) is 29.3 Å². The molecule has 6 heteroatoms. The van der Waals surface area contributed by atoms with Gasteiger partial charge < -0.3 is 4.90 Å². The molecular weight excluding hydrogens is 308 g/mol. The van der Waals surface area contributed by atoms with E-state index in [-0.39, 0.29) is 6.04 Å². The van der Waals surface area contributed by atoms with E-state index < -0.39 is 10.0 Å². The van der Waals surface area contributed by atoms with Crippen LogP contribution in [0, 0.1) is 6.92 Å². The van der Waals surface area contributed by atoms with Crippen LogP contribution in [0.25, 0.3) is 0 Å². The van der Waals surface area contributed by atoms with Gasteiger partial charge in [-0.2, -0.15) is 4.31 Å². The number of hydrogen-bond acceptors (Lipinski definition) is 3. The number of benzene rings is 1. The van der Waals surface area contributed by atoms with Gasteiger partial charge in [-0.3, -0.25) is 0 Å². The van der Waals surface area contributed by atoms with Crippen LogP contribution < -0.4 is 0 Å². The largest absolute Gasteiger partial charge is 0.306 e. The molecule has 0 spiro atoms. The van der Waals surface area contributed by atoms with E-state index in [1.165, 1.54) is 4.31 Å². The lowest BCUT2D eigenvalue weighted by Gasteiger charge is -2.34. The molecule has 0 atom stereocenters. The number of aryl methyl sites for hydroxylation is 1. The fourth-order valence-electron chi connectivity index (χ4n) is 2.67. The van der Waals surface area contributed by atoms with E-state index >= 15 is 0 Å². The summed E-state index contributed by atoms with van der Waals surface area (Å²) in [4.78, 5) is 2.57. The highest BCUT2D eigenvalue weighted by atomic mass is 35.5. The average molecular weight is 331 g/mol. The Labute approximate surface area is 132 Å². The number of likely N-dealkylation sites (tertiary alicyclic amines) is 1. The van der Waals surface area contributed by atoms with Crippen molar-refractivity contribution >= 4 is 21.6 Å². The van der Waals surface area contributed by atoms with E-state index in [1.807, 2.05) is 13.0 Å². The summed E-state index contributed by atoms with van der Waals surface area (Å²) in [6.45, 7) is 3.81. The molecule has 0 radical (unpaired) electrons. The number of alkyl halides is 1. The van der Waals surface area contributed by atoms with E-state index in [4.69, 9.17) is 11.6 Å². The van der Waals surface area contributed by atoms with Gasteiger partial charge in [-0.1, -0.05) is 6.07 Å². The zero-order valence-electron chi connectivity index (χ0n) is 12.8. The zero-order valence-corrected chi connectivity index (χ0v) is 14.4. The number of hydrogen-bond donors (Lipinski definition) is 0. The van der Waals surface area contributed by atoms with Gasteiger partial charge in [0.15, 0.2) is 0 Å². The van der Waals surface area contributed by atoms with Crippen molar-refractivity contribution in [2.75, 3.05) is 27.2 Å². The van der Waals surface area contributed by atoms with Crippen LogP contribution in [-0.4, -0.2) is 50.8 Å². The summed E-state index contributed by atoms with van der Waals surface area (Å²) in [5, 5.41) is 0. The molecule has 0 saturated carbocycles. The Morgan fingerprint density at radius 3 is 2.52 bits per heavy atom. The van der Waals surface area contributed by atoms with Crippen molar-refractivity contribution in [3.63, 3.8) is 0 Å². The SMILES string of the molecule is Cc1ccc(S(=O)(=O)N(C)C2CCN(C)CC2)cc1CCl. The third kappa shape index (κ3) is 3.59. The molecule has 1 aromatic rings. The van der Waals surface area contributed by atoms with Crippen LogP contribution in [0.4, 0.5) is 0 Å². The van der Waals surface area contributed by atoms with Gasteiger partial charge >= 0.3 is 0 Å². The summed E-state index contributed by atoms with van der Waals surface area (Å²) in [7, 11) is 0.304. The molecule has 1 aliphatic rings. The summed E-state index contributed by atoms with van der Waals surface area (Å²) in [5.74, 6) is 0.327. The first-order chi connectivity index (χ1) is 9.86. The number of piperidine rings is 1. The maximum absolute atomic E-state index is 12.8. The van der Waals surface area contributed by atoms with Crippen molar-refractivity contribution in [3.8, 4) is 0 Å². The van der Waals surface area contributed by atoms with Crippen LogP contribution in [0.15, 0.2) is 23.1 Å². The van der Waals surface area contributed by atoms with Crippen LogP contribution in [-0.2, 0) is 15.9 Å². The monoisotopic (exact) mass is 330 g/mol. The van der Waals surface area contributed by atoms with Gasteiger partial charge in [0.2, 0.25) is 10.0 Å². The highest BCUT2D eigenvalue weighted by Gasteiger charge is 2.30. The van der Waals surface area contributed by atoms with E-state index in [0.29, 0.717) is 10.8 Å². The smallest absolute Gasteiger partial charge is 0.243 e. The van der Waals surface area contributed by atoms with Crippen LogP contribution in [0.5, 0.6) is 0 Å². The normalized spacial score (nSPS) is 18.3. The number of rotatable bonds is 4. The lowest BCUT2D eigenvalue weighted by Crippen LogP contribution is -2.44. The Hall–Kier alpha value is -0.620. The zero-order chi connectivity index (χ0) is 15.6. The van der Waals surface area contributed by atoms with Gasteiger partial charge in [-0.15, -0.1) is 11.6 Å². The van der Waals surface area contributed by atoms with Crippen molar-refractivity contribution in [1.29, 1.82) is 0 Å². The van der Waals surface area contributed by atoms with E-state index in [2.05, 4.69) is 11.9 Å². The molecule has 0 aromatic heterocycles. The molecule has 0 N–H and O–H groups in total. The Bertz CT molecular complexity index is 596. The lowest BCUT2D eigenvalue weighted by atomic mass is 10.1. The fourth-order valence-corrected chi connectivity index (χ4v) is 4.43. The molecule has 4 nitrogen and oxygen atoms in total. The molecule has 1 heterocycles. The Balaban J connectivity index is 2.24. The van der Waals surface area contributed by atoms with Gasteiger partial charge in [0.1, 0.15) is 0 Å². The summed E-state index contributed by atoms with van der Waals surface area (Å²) >= 11 is 5.88. The van der Waals surface area contributed by atoms with E-state index in [0.717, 1.165) is 37.1 Å². The minimum atomic E-state index is -3.45. The van der Waals surface area contributed by atoms with Crippen LogP contribution >= 0.6 is 11.6 Å². The Kier molecular flexibility index (Phi) is 5.30. The first-order valence-electron chi connectivity index (χ1n) is 7.18. The molecule has 2 rings (SSSR count). The van der Waals surface area contributed by atoms with E-state index in [1.54, 1.807) is 19.2 Å². The maximum atomic E-state index is 12.8. The standard InChI is InChI=1S/C15H23ClN2O2S/c1-12-4-5-15(10-13(12)11-16)21(19,20)18(3)14-6-8-17(2)9-7-14/h4-5,10,14H,6-9,11H2,1-3H3. The first-order valence-corrected chi connectivity index (χ1v) is 9.16. The first kappa shape index (κ1) is 16.7. The average Bonchev–Trinajstić information content (AvgIpc) is 2.47. The van der Waals surface area contributed by atoms with Gasteiger partial charge in [0.05, 0.1) is 4.90 Å². The summed E-state index contributed by atoms with van der Waals surface area (Å²) in [6, 6.07) is 5.27. The minimum absolute atomic E-state index is 0.0759. The number of sulfonamides is 1. The molecule has 0 amide bonds. The van der Waals surface area contributed by atoms with Crippen molar-refractivity contribution in [2.45, 2.75) is 36.6 Å². The quantitative estimate of drug-likeness (QED) is 0.796. The van der Waals surface area contributed by atoms with Gasteiger partial charge in [-0.05, 0) is 63.2 Å². The highest BCUT2D eigenvalue weighted by molar-refractivity contribution is 7.89. The van der Waals surface area contributed by atoms with Crippen LogP contribution in [0.2, 0.25) is 0 Å². The van der Waals surface area contributed by atoms with Crippen LogP contribution in [0.1, 0.15) is 24.0 Å². The van der Waals surface area contributed by atoms with Gasteiger partial charge in [0, 0.05) is 19.0 Å². The molecule has 0 unspecified atom stereocenters. The second-order valence-corrected chi connectivity index (χ2v) is 8.04. The van der Waals surface area contributed by atoms with Crippen molar-refractivity contribution in [1.82, 2.24) is 9.21 Å². The maximum Gasteiger partial charge on any atom is 0.243 e.